The first-order valence-corrected chi connectivity index (χ1v) is 9.74. The molecule has 7 heteroatoms. The van der Waals surface area contributed by atoms with Crippen LogP contribution in [-0.2, 0) is 22.4 Å². The van der Waals surface area contributed by atoms with Crippen LogP contribution in [0.25, 0.3) is 5.69 Å². The number of carboxylic acid groups (broad SMARTS) is 1. The Hall–Kier alpha value is -2.67. The van der Waals surface area contributed by atoms with Crippen molar-refractivity contribution in [3.63, 3.8) is 0 Å². The number of nitrogens with zero attached hydrogens (tertiary/aromatic N) is 3. The lowest BCUT2D eigenvalue weighted by molar-refractivity contribution is -0.141. The maximum atomic E-state index is 13.3. The fraction of sp³-hybridized carbons (Fsp3) is 0.476. The average Bonchev–Trinajstić information content (AvgIpc) is 3.30. The van der Waals surface area contributed by atoms with Crippen molar-refractivity contribution >= 4 is 11.9 Å². The van der Waals surface area contributed by atoms with Gasteiger partial charge in [-0.25, -0.2) is 9.48 Å². The number of aromatic nitrogens is 2. The van der Waals surface area contributed by atoms with E-state index in [1.54, 1.807) is 7.11 Å². The van der Waals surface area contributed by atoms with Crippen LogP contribution in [0.15, 0.2) is 24.3 Å². The molecule has 1 aliphatic heterocycles. The van der Waals surface area contributed by atoms with E-state index in [9.17, 15) is 14.7 Å². The number of likely N-dealkylation sites (tertiary alicyclic amines) is 1. The van der Waals surface area contributed by atoms with Gasteiger partial charge < -0.3 is 14.7 Å². The van der Waals surface area contributed by atoms with E-state index in [-0.39, 0.29) is 18.6 Å². The summed E-state index contributed by atoms with van der Waals surface area (Å²) in [6.07, 6.45) is 3.77. The molecule has 1 aliphatic carbocycles. The molecule has 1 aromatic heterocycles. The van der Waals surface area contributed by atoms with Crippen molar-refractivity contribution in [1.29, 1.82) is 0 Å². The highest BCUT2D eigenvalue weighted by atomic mass is 16.5. The third-order valence-electron chi connectivity index (χ3n) is 5.80. The first kappa shape index (κ1) is 18.7. The van der Waals surface area contributed by atoms with E-state index in [4.69, 9.17) is 4.74 Å². The maximum Gasteiger partial charge on any atom is 0.326 e. The standard InChI is InChI=1S/C21H25N3O4/c1-13-7-9-14(10-8-13)24-17-6-4-3-5-16(17)19(22-24)20(25)23-12-15(28-2)11-18(23)21(26)27/h7-10,15,18H,3-6,11-12H2,1-2H3,(H,26,27). The lowest BCUT2D eigenvalue weighted by Gasteiger charge is -2.21. The van der Waals surface area contributed by atoms with Crippen molar-refractivity contribution < 1.29 is 19.4 Å². The summed E-state index contributed by atoms with van der Waals surface area (Å²) in [5.74, 6) is -1.31. The minimum atomic E-state index is -1.00. The topological polar surface area (TPSA) is 84.7 Å². The molecular weight excluding hydrogens is 358 g/mol. The molecule has 1 fully saturated rings. The van der Waals surface area contributed by atoms with Gasteiger partial charge in [0.1, 0.15) is 6.04 Å². The van der Waals surface area contributed by atoms with E-state index in [0.29, 0.717) is 12.1 Å². The largest absolute Gasteiger partial charge is 0.480 e. The molecule has 148 valence electrons. The maximum absolute atomic E-state index is 13.3. The predicted octanol–water partition coefficient (Wildman–Crippen LogP) is 2.37. The molecule has 0 bridgehead atoms. The Kier molecular flexibility index (Phi) is 4.93. The van der Waals surface area contributed by atoms with Gasteiger partial charge in [-0.1, -0.05) is 17.7 Å². The van der Waals surface area contributed by atoms with Gasteiger partial charge in [-0.3, -0.25) is 4.79 Å². The van der Waals surface area contributed by atoms with Gasteiger partial charge in [0.2, 0.25) is 0 Å². The second-order valence-electron chi connectivity index (χ2n) is 7.63. The number of benzene rings is 1. The van der Waals surface area contributed by atoms with Gasteiger partial charge in [0.15, 0.2) is 5.69 Å². The molecule has 1 amide bonds. The third-order valence-corrected chi connectivity index (χ3v) is 5.80. The molecule has 2 unspecified atom stereocenters. The number of fused-ring (bicyclic) bond motifs is 1. The molecule has 4 rings (SSSR count). The number of aliphatic carboxylic acids is 1. The van der Waals surface area contributed by atoms with Crippen LogP contribution in [0.3, 0.4) is 0 Å². The zero-order chi connectivity index (χ0) is 19.8. The Bertz CT molecular complexity index is 903. The van der Waals surface area contributed by atoms with Crippen LogP contribution >= 0.6 is 0 Å². The van der Waals surface area contributed by atoms with E-state index in [1.807, 2.05) is 35.9 Å². The predicted molar refractivity (Wildman–Crippen MR) is 103 cm³/mol. The van der Waals surface area contributed by atoms with Crippen LogP contribution in [0.5, 0.6) is 0 Å². The fourth-order valence-electron chi connectivity index (χ4n) is 4.23. The number of methoxy groups -OCH3 is 1. The molecule has 7 nitrogen and oxygen atoms in total. The molecular formula is C21H25N3O4. The highest BCUT2D eigenvalue weighted by Crippen LogP contribution is 2.30. The summed E-state index contributed by atoms with van der Waals surface area (Å²) < 4.78 is 7.19. The van der Waals surface area contributed by atoms with Crippen LogP contribution in [0.1, 0.15) is 46.6 Å². The first-order valence-electron chi connectivity index (χ1n) is 9.74. The number of hydrogen-bond acceptors (Lipinski definition) is 4. The van der Waals surface area contributed by atoms with Gasteiger partial charge in [0.05, 0.1) is 11.8 Å². The number of amides is 1. The Morgan fingerprint density at radius 3 is 2.57 bits per heavy atom. The highest BCUT2D eigenvalue weighted by molar-refractivity contribution is 5.97. The summed E-state index contributed by atoms with van der Waals surface area (Å²) in [4.78, 5) is 26.4. The van der Waals surface area contributed by atoms with Crippen molar-refractivity contribution in [1.82, 2.24) is 14.7 Å². The number of carbonyl (C=O) groups is 2. The van der Waals surface area contributed by atoms with E-state index in [1.165, 1.54) is 4.90 Å². The van der Waals surface area contributed by atoms with Crippen molar-refractivity contribution in [2.45, 2.75) is 51.2 Å². The molecule has 2 aromatic rings. The molecule has 2 aliphatic rings. The van der Waals surface area contributed by atoms with E-state index < -0.39 is 12.0 Å². The highest BCUT2D eigenvalue weighted by Gasteiger charge is 2.42. The summed E-state index contributed by atoms with van der Waals surface area (Å²) in [7, 11) is 1.55. The van der Waals surface area contributed by atoms with Crippen molar-refractivity contribution in [2.24, 2.45) is 0 Å². The van der Waals surface area contributed by atoms with Gasteiger partial charge >= 0.3 is 5.97 Å². The second kappa shape index (κ2) is 7.39. The molecule has 0 radical (unpaired) electrons. The average molecular weight is 383 g/mol. The van der Waals surface area contributed by atoms with Crippen molar-refractivity contribution in [3.8, 4) is 5.69 Å². The summed E-state index contributed by atoms with van der Waals surface area (Å²) in [5, 5.41) is 14.2. The quantitative estimate of drug-likeness (QED) is 0.876. The van der Waals surface area contributed by atoms with Crippen LogP contribution < -0.4 is 0 Å². The van der Waals surface area contributed by atoms with Crippen LogP contribution in [0.4, 0.5) is 0 Å². The summed E-state index contributed by atoms with van der Waals surface area (Å²) >= 11 is 0. The number of ether oxygens (including phenoxy) is 1. The Labute approximate surface area is 163 Å². The second-order valence-corrected chi connectivity index (χ2v) is 7.63. The number of aryl methyl sites for hydroxylation is 1. The minimum absolute atomic E-state index is 0.264. The van der Waals surface area contributed by atoms with Crippen LogP contribution in [-0.4, -0.2) is 57.5 Å². The number of hydrogen-bond donors (Lipinski definition) is 1. The molecule has 2 atom stereocenters. The molecule has 0 saturated carbocycles. The van der Waals surface area contributed by atoms with Crippen LogP contribution in [0, 0.1) is 6.92 Å². The number of carbonyl (C=O) groups excluding carboxylic acids is 1. The molecule has 2 heterocycles. The first-order chi connectivity index (χ1) is 13.5. The van der Waals surface area contributed by atoms with E-state index in [2.05, 4.69) is 5.10 Å². The molecule has 28 heavy (non-hydrogen) atoms. The van der Waals surface area contributed by atoms with Gasteiger partial charge in [-0.15, -0.1) is 0 Å². The van der Waals surface area contributed by atoms with Gasteiger partial charge in [0.25, 0.3) is 5.91 Å². The normalized spacial score (nSPS) is 21.6. The molecule has 1 saturated heterocycles. The zero-order valence-corrected chi connectivity index (χ0v) is 16.2. The Morgan fingerprint density at radius 2 is 1.89 bits per heavy atom. The lowest BCUT2D eigenvalue weighted by atomic mass is 9.95. The molecule has 1 aromatic carbocycles. The zero-order valence-electron chi connectivity index (χ0n) is 16.2. The lowest BCUT2D eigenvalue weighted by Crippen LogP contribution is -2.41. The monoisotopic (exact) mass is 383 g/mol. The van der Waals surface area contributed by atoms with Gasteiger partial charge in [0, 0.05) is 31.3 Å². The Balaban J connectivity index is 1.74. The third kappa shape index (κ3) is 3.20. The fourth-order valence-corrected chi connectivity index (χ4v) is 4.23. The van der Waals surface area contributed by atoms with Gasteiger partial charge in [-0.2, -0.15) is 5.10 Å². The number of rotatable bonds is 4. The smallest absolute Gasteiger partial charge is 0.326 e. The summed E-state index contributed by atoms with van der Waals surface area (Å²) in [6, 6.07) is 7.18. The SMILES string of the molecule is COC1CC(C(=O)O)N(C(=O)c2nn(-c3ccc(C)cc3)c3c2CCCC3)C1. The number of carboxylic acids is 1. The van der Waals surface area contributed by atoms with Crippen LogP contribution in [0.2, 0.25) is 0 Å². The minimum Gasteiger partial charge on any atom is -0.480 e. The van der Waals surface area contributed by atoms with Crippen molar-refractivity contribution in [2.75, 3.05) is 13.7 Å². The van der Waals surface area contributed by atoms with E-state index >= 15 is 0 Å². The summed E-state index contributed by atoms with van der Waals surface area (Å²) in [6.45, 7) is 2.31. The van der Waals surface area contributed by atoms with Crippen molar-refractivity contribution in [3.05, 3.63) is 46.8 Å². The molecule has 1 N–H and O–H groups in total. The summed E-state index contributed by atoms with van der Waals surface area (Å²) in [5.41, 5.74) is 4.50. The van der Waals surface area contributed by atoms with Gasteiger partial charge in [-0.05, 0) is 44.7 Å². The molecule has 0 spiro atoms. The Morgan fingerprint density at radius 1 is 1.18 bits per heavy atom. The van der Waals surface area contributed by atoms with E-state index in [0.717, 1.165) is 48.2 Å².